The molecule has 2 aromatic carbocycles. The summed E-state index contributed by atoms with van der Waals surface area (Å²) in [4.78, 5) is 12.8. The van der Waals surface area contributed by atoms with Crippen molar-refractivity contribution in [3.05, 3.63) is 76.9 Å². The molecule has 0 bridgehead atoms. The molecule has 0 saturated carbocycles. The van der Waals surface area contributed by atoms with Crippen LogP contribution in [0.1, 0.15) is 35.4 Å². The molecule has 1 aliphatic rings. The molecule has 0 radical (unpaired) electrons. The zero-order chi connectivity index (χ0) is 24.3. The number of aryl methyl sites for hydroxylation is 2. The van der Waals surface area contributed by atoms with Gasteiger partial charge in [-0.15, -0.1) is 0 Å². The first-order chi connectivity index (χ1) is 16.2. The van der Waals surface area contributed by atoms with E-state index in [-0.39, 0.29) is 28.8 Å². The molecule has 1 aromatic heterocycles. The van der Waals surface area contributed by atoms with E-state index in [2.05, 4.69) is 10.5 Å². The molecule has 1 unspecified atom stereocenters. The summed E-state index contributed by atoms with van der Waals surface area (Å²) >= 11 is 0. The number of hydrogen-bond acceptors (Lipinski definition) is 5. The Morgan fingerprint density at radius 2 is 1.82 bits per heavy atom. The largest absolute Gasteiger partial charge is 0.355 e. The Labute approximate surface area is 198 Å². The third kappa shape index (κ3) is 5.26. The van der Waals surface area contributed by atoms with E-state index >= 15 is 0 Å². The van der Waals surface area contributed by atoms with Gasteiger partial charge >= 0.3 is 0 Å². The second kappa shape index (κ2) is 9.90. The number of amides is 1. The number of benzene rings is 2. The number of halogens is 1. The third-order valence-corrected chi connectivity index (χ3v) is 7.83. The minimum atomic E-state index is -3.94. The third-order valence-electron chi connectivity index (χ3n) is 5.80. The van der Waals surface area contributed by atoms with Crippen molar-refractivity contribution < 1.29 is 22.1 Å². The van der Waals surface area contributed by atoms with Gasteiger partial charge in [-0.25, -0.2) is 12.8 Å². The summed E-state index contributed by atoms with van der Waals surface area (Å²) in [6.07, 6.45) is 4.47. The minimum Gasteiger partial charge on any atom is -0.355 e. The van der Waals surface area contributed by atoms with Gasteiger partial charge in [-0.1, -0.05) is 41.1 Å². The molecule has 178 valence electrons. The van der Waals surface area contributed by atoms with Gasteiger partial charge in [0.1, 0.15) is 11.5 Å². The van der Waals surface area contributed by atoms with Crippen molar-refractivity contribution >= 4 is 33.8 Å². The lowest BCUT2D eigenvalue weighted by molar-refractivity contribution is -0.120. The second-order valence-electron chi connectivity index (χ2n) is 8.40. The van der Waals surface area contributed by atoms with Crippen LogP contribution < -0.4 is 5.32 Å². The van der Waals surface area contributed by atoms with E-state index in [1.807, 2.05) is 31.2 Å². The molecule has 1 N–H and O–H groups in total. The zero-order valence-electron chi connectivity index (χ0n) is 19.0. The number of aromatic nitrogens is 1. The van der Waals surface area contributed by atoms with Crippen LogP contribution in [-0.4, -0.2) is 36.9 Å². The van der Waals surface area contributed by atoms with Crippen molar-refractivity contribution in [2.45, 2.75) is 31.6 Å². The molecule has 2 heterocycles. The summed E-state index contributed by atoms with van der Waals surface area (Å²) in [5, 5.41) is 6.62. The van der Waals surface area contributed by atoms with Gasteiger partial charge in [0.2, 0.25) is 15.9 Å². The average Bonchev–Trinajstić information content (AvgIpc) is 3.21. The van der Waals surface area contributed by atoms with Crippen LogP contribution in [0.2, 0.25) is 0 Å². The zero-order valence-corrected chi connectivity index (χ0v) is 19.8. The van der Waals surface area contributed by atoms with E-state index in [4.69, 9.17) is 4.52 Å². The fourth-order valence-corrected chi connectivity index (χ4v) is 5.70. The van der Waals surface area contributed by atoms with Crippen LogP contribution in [0.3, 0.4) is 0 Å². The van der Waals surface area contributed by atoms with Gasteiger partial charge in [0.25, 0.3) is 0 Å². The van der Waals surface area contributed by atoms with E-state index in [1.54, 1.807) is 19.1 Å². The number of nitrogens with zero attached hydrogens (tertiary/aromatic N) is 2. The fraction of sp³-hybridized carbons (Fsp3) is 0.280. The first kappa shape index (κ1) is 23.8. The fourth-order valence-electron chi connectivity index (χ4n) is 3.93. The van der Waals surface area contributed by atoms with Crippen molar-refractivity contribution in [2.24, 2.45) is 5.92 Å². The summed E-state index contributed by atoms with van der Waals surface area (Å²) in [6.45, 7) is 3.92. The van der Waals surface area contributed by atoms with Crippen molar-refractivity contribution in [1.29, 1.82) is 0 Å². The average molecular weight is 484 g/mol. The van der Waals surface area contributed by atoms with Crippen LogP contribution in [-0.2, 0) is 14.8 Å². The van der Waals surface area contributed by atoms with E-state index in [9.17, 15) is 17.6 Å². The molecule has 1 amide bonds. The van der Waals surface area contributed by atoms with Gasteiger partial charge in [-0.2, -0.15) is 4.31 Å². The van der Waals surface area contributed by atoms with Crippen molar-refractivity contribution in [2.75, 3.05) is 18.4 Å². The lowest BCUT2D eigenvalue weighted by Gasteiger charge is -2.31. The van der Waals surface area contributed by atoms with Crippen molar-refractivity contribution in [3.8, 4) is 0 Å². The van der Waals surface area contributed by atoms with E-state index in [1.165, 1.54) is 28.6 Å². The van der Waals surface area contributed by atoms with Gasteiger partial charge < -0.3 is 9.84 Å². The van der Waals surface area contributed by atoms with Gasteiger partial charge in [0, 0.05) is 18.8 Å². The second-order valence-corrected chi connectivity index (χ2v) is 10.3. The smallest absolute Gasteiger partial charge is 0.248 e. The van der Waals surface area contributed by atoms with Crippen LogP contribution in [0.15, 0.2) is 57.9 Å². The van der Waals surface area contributed by atoms with Gasteiger partial charge in [-0.05, 0) is 62.6 Å². The Bertz CT molecular complexity index is 1300. The number of carbonyl (C=O) groups excluding carboxylic acids is 1. The number of rotatable bonds is 6. The first-order valence-electron chi connectivity index (χ1n) is 11.0. The number of carbonyl (C=O) groups is 1. The number of nitrogens with one attached hydrogen (secondary N) is 1. The van der Waals surface area contributed by atoms with Crippen molar-refractivity contribution in [1.82, 2.24) is 9.46 Å². The maximum atomic E-state index is 13.5. The molecule has 1 fully saturated rings. The topological polar surface area (TPSA) is 92.5 Å². The molecule has 34 heavy (non-hydrogen) atoms. The molecule has 1 atom stereocenters. The number of piperidine rings is 1. The summed E-state index contributed by atoms with van der Waals surface area (Å²) in [7, 11) is -3.94. The standard InChI is InChI=1S/C25H26FN3O4S/c1-17-5-7-19(8-6-17)9-14-23-24(18(2)28-33-23)34(31,32)29-15-3-4-20(16-29)25(30)27-22-12-10-21(26)11-13-22/h5-14,20H,3-4,15-16H2,1-2H3,(H,27,30)/b14-9+. The Morgan fingerprint density at radius 1 is 1.12 bits per heavy atom. The molecular weight excluding hydrogens is 457 g/mol. The minimum absolute atomic E-state index is 0.00968. The Kier molecular flexibility index (Phi) is 6.95. The van der Waals surface area contributed by atoms with E-state index in [0.29, 0.717) is 25.1 Å². The molecule has 1 saturated heterocycles. The number of sulfonamides is 1. The van der Waals surface area contributed by atoms with Crippen LogP contribution in [0, 0.1) is 25.6 Å². The molecule has 3 aromatic rings. The Hall–Kier alpha value is -3.30. The molecular formula is C25H26FN3O4S. The van der Waals surface area contributed by atoms with Gasteiger partial charge in [0.05, 0.1) is 5.92 Å². The molecule has 7 nitrogen and oxygen atoms in total. The maximum absolute atomic E-state index is 13.5. The summed E-state index contributed by atoms with van der Waals surface area (Å²) in [5.74, 6) is -1.08. The molecule has 0 spiro atoms. The highest BCUT2D eigenvalue weighted by Gasteiger charge is 2.37. The monoisotopic (exact) mass is 483 g/mol. The lowest BCUT2D eigenvalue weighted by atomic mass is 9.99. The lowest BCUT2D eigenvalue weighted by Crippen LogP contribution is -2.43. The Balaban J connectivity index is 1.52. The van der Waals surface area contributed by atoms with Gasteiger partial charge in [-0.3, -0.25) is 4.79 Å². The molecule has 9 heteroatoms. The number of anilines is 1. The van der Waals surface area contributed by atoms with E-state index in [0.717, 1.165) is 11.1 Å². The van der Waals surface area contributed by atoms with Crippen LogP contribution in [0.5, 0.6) is 0 Å². The quantitative estimate of drug-likeness (QED) is 0.551. The molecule has 1 aliphatic heterocycles. The highest BCUT2D eigenvalue weighted by atomic mass is 32.2. The Morgan fingerprint density at radius 3 is 2.53 bits per heavy atom. The SMILES string of the molecule is Cc1ccc(/C=C/c2onc(C)c2S(=O)(=O)N2CCCC(C(=O)Nc3ccc(F)cc3)C2)cc1. The summed E-state index contributed by atoms with van der Waals surface area (Å²) < 4.78 is 46.8. The summed E-state index contributed by atoms with van der Waals surface area (Å²) in [5.41, 5.74) is 2.75. The van der Waals surface area contributed by atoms with Crippen molar-refractivity contribution in [3.63, 3.8) is 0 Å². The highest BCUT2D eigenvalue weighted by molar-refractivity contribution is 7.89. The number of hydrogen-bond donors (Lipinski definition) is 1. The predicted molar refractivity (Wildman–Crippen MR) is 128 cm³/mol. The van der Waals surface area contributed by atoms with E-state index < -0.39 is 21.8 Å². The van der Waals surface area contributed by atoms with Crippen LogP contribution in [0.25, 0.3) is 12.2 Å². The maximum Gasteiger partial charge on any atom is 0.248 e. The predicted octanol–water partition coefficient (Wildman–Crippen LogP) is 4.64. The molecule has 0 aliphatic carbocycles. The highest BCUT2D eigenvalue weighted by Crippen LogP contribution is 2.29. The van der Waals surface area contributed by atoms with Crippen LogP contribution >= 0.6 is 0 Å². The first-order valence-corrected chi connectivity index (χ1v) is 12.5. The summed E-state index contributed by atoms with van der Waals surface area (Å²) in [6, 6.07) is 13.2. The van der Waals surface area contributed by atoms with Crippen LogP contribution in [0.4, 0.5) is 10.1 Å². The van der Waals surface area contributed by atoms with Gasteiger partial charge in [0.15, 0.2) is 10.7 Å². The molecule has 4 rings (SSSR count). The normalized spacial score (nSPS) is 17.2.